The molecule has 2 aromatic carbocycles. The largest absolute Gasteiger partial charge is 0.516 e. The Balaban J connectivity index is 2.30. The molecule has 0 fully saturated rings. The SMILES string of the molecule is C=COC(=O)CC(O)C(c1c(-c2ccc(F)cc2)cc(-c2ccccc2)nc1C(C)C)[P+](=O)O. The van der Waals surface area contributed by atoms with Crippen molar-refractivity contribution >= 4 is 14.0 Å². The molecule has 0 aliphatic heterocycles. The van der Waals surface area contributed by atoms with Gasteiger partial charge in [0.1, 0.15) is 11.9 Å². The second kappa shape index (κ2) is 11.3. The number of benzene rings is 2. The standard InChI is InChI=1S/C26H25FNO5P/c1-4-33-23(30)15-22(29)26(34(31)32)24-20(17-10-12-19(27)13-11-17)14-21(28-25(24)16(2)3)18-8-6-5-7-9-18/h4-14,16,22,26,29H,1,15H2,2-3H3/p+1. The van der Waals surface area contributed by atoms with Crippen molar-refractivity contribution in [2.24, 2.45) is 0 Å². The van der Waals surface area contributed by atoms with Gasteiger partial charge in [-0.15, -0.1) is 0 Å². The number of nitrogens with zero attached hydrogens (tertiary/aromatic N) is 1. The van der Waals surface area contributed by atoms with Crippen LogP contribution in [0.2, 0.25) is 0 Å². The molecule has 0 bridgehead atoms. The summed E-state index contributed by atoms with van der Waals surface area (Å²) in [6.45, 7) is 7.08. The lowest BCUT2D eigenvalue weighted by molar-refractivity contribution is -0.140. The Morgan fingerprint density at radius 2 is 1.79 bits per heavy atom. The molecule has 0 aliphatic rings. The normalized spacial score (nSPS) is 13.3. The first-order valence-electron chi connectivity index (χ1n) is 10.7. The van der Waals surface area contributed by atoms with Crippen LogP contribution in [0.15, 0.2) is 73.5 Å². The van der Waals surface area contributed by atoms with Gasteiger partial charge in [-0.05, 0) is 39.8 Å². The number of carbonyl (C=O) groups excluding carboxylic acids is 1. The first kappa shape index (κ1) is 25.4. The van der Waals surface area contributed by atoms with E-state index >= 15 is 0 Å². The fourth-order valence-corrected chi connectivity index (χ4v) is 4.72. The maximum Gasteiger partial charge on any atom is 0.516 e. The maximum absolute atomic E-state index is 13.7. The quantitative estimate of drug-likeness (QED) is 0.224. The lowest BCUT2D eigenvalue weighted by atomic mass is 9.88. The Kier molecular flexibility index (Phi) is 8.40. The third kappa shape index (κ3) is 5.81. The van der Waals surface area contributed by atoms with Gasteiger partial charge in [-0.2, -0.15) is 4.89 Å². The van der Waals surface area contributed by atoms with E-state index in [1.165, 1.54) is 12.1 Å². The van der Waals surface area contributed by atoms with E-state index in [0.717, 1.165) is 11.8 Å². The smallest absolute Gasteiger partial charge is 0.435 e. The molecule has 3 atom stereocenters. The van der Waals surface area contributed by atoms with E-state index in [9.17, 15) is 23.7 Å². The third-order valence-electron chi connectivity index (χ3n) is 5.35. The first-order valence-corrected chi connectivity index (χ1v) is 12.0. The third-order valence-corrected chi connectivity index (χ3v) is 6.43. The molecule has 1 aromatic heterocycles. The molecule has 176 valence electrons. The minimum atomic E-state index is -2.98. The summed E-state index contributed by atoms with van der Waals surface area (Å²) in [5.74, 6) is -1.40. The van der Waals surface area contributed by atoms with Gasteiger partial charge in [0.2, 0.25) is 5.66 Å². The van der Waals surface area contributed by atoms with Gasteiger partial charge in [0.15, 0.2) is 0 Å². The van der Waals surface area contributed by atoms with Gasteiger partial charge in [0.05, 0.1) is 24.1 Å². The Morgan fingerprint density at radius 3 is 2.35 bits per heavy atom. The second-order valence-electron chi connectivity index (χ2n) is 8.06. The van der Waals surface area contributed by atoms with Crippen LogP contribution in [0.5, 0.6) is 0 Å². The van der Waals surface area contributed by atoms with E-state index in [1.807, 2.05) is 44.2 Å². The fourth-order valence-electron chi connectivity index (χ4n) is 3.82. The van der Waals surface area contributed by atoms with Gasteiger partial charge in [-0.25, -0.2) is 4.39 Å². The number of hydrogen-bond acceptors (Lipinski definition) is 5. The summed E-state index contributed by atoms with van der Waals surface area (Å²) >= 11 is 0. The topological polar surface area (TPSA) is 96.7 Å². The van der Waals surface area contributed by atoms with E-state index in [2.05, 4.69) is 6.58 Å². The van der Waals surface area contributed by atoms with Crippen LogP contribution in [-0.4, -0.2) is 27.1 Å². The highest BCUT2D eigenvalue weighted by Crippen LogP contribution is 2.48. The van der Waals surface area contributed by atoms with Crippen LogP contribution in [0.3, 0.4) is 0 Å². The molecule has 0 saturated carbocycles. The Morgan fingerprint density at radius 1 is 1.15 bits per heavy atom. The number of hydrogen-bond donors (Lipinski definition) is 2. The molecule has 1 heterocycles. The Labute approximate surface area is 198 Å². The van der Waals surface area contributed by atoms with Crippen molar-refractivity contribution in [3.05, 3.63) is 90.6 Å². The molecule has 8 heteroatoms. The first-order chi connectivity index (χ1) is 16.2. The van der Waals surface area contributed by atoms with Crippen LogP contribution in [0.1, 0.15) is 43.1 Å². The minimum absolute atomic E-state index is 0.192. The van der Waals surface area contributed by atoms with Crippen molar-refractivity contribution in [1.82, 2.24) is 4.98 Å². The fraction of sp³-hybridized carbons (Fsp3) is 0.231. The lowest BCUT2D eigenvalue weighted by Gasteiger charge is -2.22. The van der Waals surface area contributed by atoms with E-state index in [-0.39, 0.29) is 5.92 Å². The van der Waals surface area contributed by atoms with Crippen LogP contribution in [-0.2, 0) is 14.1 Å². The van der Waals surface area contributed by atoms with E-state index < -0.39 is 38.0 Å². The van der Waals surface area contributed by atoms with Gasteiger partial charge >= 0.3 is 14.0 Å². The van der Waals surface area contributed by atoms with Gasteiger partial charge in [-0.1, -0.05) is 62.9 Å². The van der Waals surface area contributed by atoms with Gasteiger partial charge < -0.3 is 9.84 Å². The number of halogens is 1. The van der Waals surface area contributed by atoms with Gasteiger partial charge in [0.25, 0.3) is 0 Å². The molecule has 3 aromatic rings. The van der Waals surface area contributed by atoms with Crippen molar-refractivity contribution in [2.75, 3.05) is 0 Å². The van der Waals surface area contributed by atoms with Crippen LogP contribution in [0.4, 0.5) is 4.39 Å². The zero-order valence-electron chi connectivity index (χ0n) is 18.9. The summed E-state index contributed by atoms with van der Waals surface area (Å²) < 4.78 is 31.0. The maximum atomic E-state index is 13.7. The van der Waals surface area contributed by atoms with Gasteiger partial charge in [0, 0.05) is 11.1 Å². The number of aromatic nitrogens is 1. The van der Waals surface area contributed by atoms with Crippen LogP contribution in [0, 0.1) is 5.82 Å². The van der Waals surface area contributed by atoms with Crippen molar-refractivity contribution in [3.63, 3.8) is 0 Å². The van der Waals surface area contributed by atoms with E-state index in [0.29, 0.717) is 28.1 Å². The van der Waals surface area contributed by atoms with Crippen molar-refractivity contribution in [3.8, 4) is 22.4 Å². The predicted molar refractivity (Wildman–Crippen MR) is 129 cm³/mol. The average molecular weight is 482 g/mol. The summed E-state index contributed by atoms with van der Waals surface area (Å²) in [5.41, 5.74) is 2.07. The van der Waals surface area contributed by atoms with E-state index in [1.54, 1.807) is 18.2 Å². The molecular formula is C26H26FNO5P+. The van der Waals surface area contributed by atoms with Gasteiger partial charge in [-0.3, -0.25) is 9.78 Å². The second-order valence-corrected chi connectivity index (χ2v) is 9.22. The number of aliphatic hydroxyl groups is 1. The molecule has 2 N–H and O–H groups in total. The van der Waals surface area contributed by atoms with Crippen molar-refractivity contribution in [2.45, 2.75) is 37.9 Å². The summed E-state index contributed by atoms with van der Waals surface area (Å²) in [7, 11) is -2.98. The van der Waals surface area contributed by atoms with Crippen LogP contribution >= 0.6 is 8.03 Å². The molecule has 3 rings (SSSR count). The number of esters is 1. The molecule has 0 saturated heterocycles. The number of ether oxygens (including phenoxy) is 1. The highest BCUT2D eigenvalue weighted by molar-refractivity contribution is 7.38. The minimum Gasteiger partial charge on any atom is -0.435 e. The highest BCUT2D eigenvalue weighted by atomic mass is 31.1. The van der Waals surface area contributed by atoms with Crippen molar-refractivity contribution in [1.29, 1.82) is 0 Å². The molecule has 3 unspecified atom stereocenters. The van der Waals surface area contributed by atoms with Crippen LogP contribution < -0.4 is 0 Å². The highest BCUT2D eigenvalue weighted by Gasteiger charge is 2.43. The lowest BCUT2D eigenvalue weighted by Crippen LogP contribution is -2.23. The molecule has 0 radical (unpaired) electrons. The summed E-state index contributed by atoms with van der Waals surface area (Å²) in [6, 6.07) is 16.9. The number of carbonyl (C=O) groups is 1. The molecule has 6 nitrogen and oxygen atoms in total. The summed E-state index contributed by atoms with van der Waals surface area (Å²) in [4.78, 5) is 27.0. The molecule has 34 heavy (non-hydrogen) atoms. The summed E-state index contributed by atoms with van der Waals surface area (Å²) in [6.07, 6.45) is -1.11. The summed E-state index contributed by atoms with van der Waals surface area (Å²) in [5, 5.41) is 10.9. The molecule has 0 amide bonds. The average Bonchev–Trinajstić information content (AvgIpc) is 2.80. The predicted octanol–water partition coefficient (Wildman–Crippen LogP) is 5.89. The number of aliphatic hydroxyl groups excluding tert-OH is 1. The Hall–Kier alpha value is -3.25. The van der Waals surface area contributed by atoms with E-state index in [4.69, 9.17) is 9.72 Å². The Bertz CT molecular complexity index is 1180. The number of pyridine rings is 1. The zero-order valence-corrected chi connectivity index (χ0v) is 19.8. The number of rotatable bonds is 9. The molecular weight excluding hydrogens is 456 g/mol. The van der Waals surface area contributed by atoms with Crippen LogP contribution in [0.25, 0.3) is 22.4 Å². The van der Waals surface area contributed by atoms with Crippen molar-refractivity contribution < 1.29 is 28.5 Å². The molecule has 0 aliphatic carbocycles. The monoisotopic (exact) mass is 482 g/mol. The zero-order chi connectivity index (χ0) is 24.8. The molecule has 0 spiro atoms.